The highest BCUT2D eigenvalue weighted by molar-refractivity contribution is 5.96. The van der Waals surface area contributed by atoms with Gasteiger partial charge in [0, 0.05) is 24.8 Å². The number of benzene rings is 1. The Morgan fingerprint density at radius 2 is 2.00 bits per heavy atom. The van der Waals surface area contributed by atoms with Crippen molar-refractivity contribution in [1.29, 1.82) is 0 Å². The zero-order valence-electron chi connectivity index (χ0n) is 12.2. The van der Waals surface area contributed by atoms with Gasteiger partial charge in [-0.05, 0) is 24.6 Å². The Labute approximate surface area is 125 Å². The molecule has 1 amide bonds. The van der Waals surface area contributed by atoms with E-state index in [4.69, 9.17) is 5.73 Å². The molecule has 0 heterocycles. The number of hydrogen-bond donors (Lipinski definition) is 1. The van der Waals surface area contributed by atoms with Crippen molar-refractivity contribution in [3.63, 3.8) is 0 Å². The molecule has 5 nitrogen and oxygen atoms in total. The van der Waals surface area contributed by atoms with Crippen LogP contribution in [-0.4, -0.2) is 37.5 Å². The first kappa shape index (κ1) is 18.2. The molecule has 1 aromatic rings. The smallest absolute Gasteiger partial charge is 0.310 e. The first-order valence-corrected chi connectivity index (χ1v) is 6.06. The van der Waals surface area contributed by atoms with Crippen molar-refractivity contribution < 1.29 is 14.3 Å². The number of carbonyl (C=O) groups excluding carboxylic acids is 2. The highest BCUT2D eigenvalue weighted by Gasteiger charge is 2.20. The fraction of sp³-hybridized carbons (Fsp3) is 0.429. The number of methoxy groups -OCH3 is 1. The van der Waals surface area contributed by atoms with Crippen LogP contribution in [0, 0.1) is 12.8 Å². The molecule has 0 aromatic heterocycles. The van der Waals surface area contributed by atoms with E-state index >= 15 is 0 Å². The molecule has 0 spiro atoms. The standard InChI is InChI=1S/C14H20N2O3.ClH/c1-9-5-6-11(15)7-12(9)13(17)16(3)8-10(2)14(18)19-4;/h5-7,10H,8,15H2,1-4H3;1H. The van der Waals surface area contributed by atoms with Crippen LogP contribution in [0.5, 0.6) is 0 Å². The average molecular weight is 301 g/mol. The van der Waals surface area contributed by atoms with E-state index in [9.17, 15) is 9.59 Å². The predicted octanol–water partition coefficient (Wildman–Crippen LogP) is 1.88. The number of nitrogen functional groups attached to an aromatic ring is 1. The summed E-state index contributed by atoms with van der Waals surface area (Å²) < 4.78 is 4.64. The van der Waals surface area contributed by atoms with Crippen LogP contribution in [0.3, 0.4) is 0 Å². The van der Waals surface area contributed by atoms with Crippen molar-refractivity contribution >= 4 is 30.0 Å². The lowest BCUT2D eigenvalue weighted by Crippen LogP contribution is -2.34. The molecule has 112 valence electrons. The molecule has 1 rings (SSSR count). The molecule has 6 heteroatoms. The molecule has 0 aliphatic carbocycles. The maximum atomic E-state index is 12.3. The van der Waals surface area contributed by atoms with E-state index in [1.165, 1.54) is 12.0 Å². The van der Waals surface area contributed by atoms with Gasteiger partial charge in [-0.25, -0.2) is 0 Å². The lowest BCUT2D eigenvalue weighted by atomic mass is 10.1. The number of halogens is 1. The van der Waals surface area contributed by atoms with E-state index in [-0.39, 0.29) is 30.2 Å². The highest BCUT2D eigenvalue weighted by atomic mass is 35.5. The molecule has 0 saturated carbocycles. The van der Waals surface area contributed by atoms with Gasteiger partial charge in [0.05, 0.1) is 13.0 Å². The van der Waals surface area contributed by atoms with Gasteiger partial charge in [-0.15, -0.1) is 12.4 Å². The largest absolute Gasteiger partial charge is 0.469 e. The molecular weight excluding hydrogens is 280 g/mol. The van der Waals surface area contributed by atoms with E-state index in [1.807, 2.05) is 6.92 Å². The van der Waals surface area contributed by atoms with Crippen LogP contribution >= 0.6 is 12.4 Å². The minimum absolute atomic E-state index is 0. The van der Waals surface area contributed by atoms with Gasteiger partial charge < -0.3 is 15.4 Å². The highest BCUT2D eigenvalue weighted by Crippen LogP contribution is 2.15. The molecule has 0 aliphatic heterocycles. The van der Waals surface area contributed by atoms with Crippen LogP contribution in [-0.2, 0) is 9.53 Å². The third kappa shape index (κ3) is 4.42. The van der Waals surface area contributed by atoms with Crippen molar-refractivity contribution in [3.05, 3.63) is 29.3 Å². The summed E-state index contributed by atoms with van der Waals surface area (Å²) in [7, 11) is 2.99. The summed E-state index contributed by atoms with van der Waals surface area (Å²) in [4.78, 5) is 25.1. The van der Waals surface area contributed by atoms with Gasteiger partial charge in [0.2, 0.25) is 0 Å². The number of nitrogens with zero attached hydrogens (tertiary/aromatic N) is 1. The summed E-state index contributed by atoms with van der Waals surface area (Å²) in [6.45, 7) is 3.88. The third-order valence-electron chi connectivity index (χ3n) is 2.99. The third-order valence-corrected chi connectivity index (χ3v) is 2.99. The molecule has 0 aliphatic rings. The number of esters is 1. The van der Waals surface area contributed by atoms with E-state index in [1.54, 1.807) is 32.2 Å². The van der Waals surface area contributed by atoms with Crippen LogP contribution in [0.1, 0.15) is 22.8 Å². The minimum Gasteiger partial charge on any atom is -0.469 e. The molecule has 0 bridgehead atoms. The van der Waals surface area contributed by atoms with Gasteiger partial charge in [0.1, 0.15) is 0 Å². The van der Waals surface area contributed by atoms with E-state index in [2.05, 4.69) is 4.74 Å². The zero-order valence-corrected chi connectivity index (χ0v) is 13.0. The normalized spacial score (nSPS) is 11.2. The number of nitrogens with two attached hydrogens (primary N) is 1. The quantitative estimate of drug-likeness (QED) is 0.681. The second-order valence-electron chi connectivity index (χ2n) is 4.68. The fourth-order valence-corrected chi connectivity index (χ4v) is 1.85. The fourth-order valence-electron chi connectivity index (χ4n) is 1.85. The molecule has 1 unspecified atom stereocenters. The molecule has 0 saturated heterocycles. The molecular formula is C14H21ClN2O3. The Bertz CT molecular complexity index is 491. The molecule has 2 N–H and O–H groups in total. The summed E-state index contributed by atoms with van der Waals surface area (Å²) in [5, 5.41) is 0. The van der Waals surface area contributed by atoms with Crippen molar-refractivity contribution in [2.45, 2.75) is 13.8 Å². The zero-order chi connectivity index (χ0) is 14.6. The summed E-state index contributed by atoms with van der Waals surface area (Å²) in [6, 6.07) is 5.21. The van der Waals surface area contributed by atoms with Gasteiger partial charge >= 0.3 is 5.97 Å². The average Bonchev–Trinajstić information content (AvgIpc) is 2.39. The SMILES string of the molecule is COC(=O)C(C)CN(C)C(=O)c1cc(N)ccc1C.Cl. The van der Waals surface area contributed by atoms with Gasteiger partial charge in [0.25, 0.3) is 5.91 Å². The van der Waals surface area contributed by atoms with E-state index in [0.717, 1.165) is 5.56 Å². The summed E-state index contributed by atoms with van der Waals surface area (Å²) in [6.07, 6.45) is 0. The number of aryl methyl sites for hydroxylation is 1. The second-order valence-corrected chi connectivity index (χ2v) is 4.68. The van der Waals surface area contributed by atoms with Crippen LogP contribution in [0.25, 0.3) is 0 Å². The summed E-state index contributed by atoms with van der Waals surface area (Å²) >= 11 is 0. The molecule has 1 atom stereocenters. The van der Waals surface area contributed by atoms with E-state index < -0.39 is 0 Å². The van der Waals surface area contributed by atoms with Crippen molar-refractivity contribution in [2.24, 2.45) is 5.92 Å². The first-order valence-electron chi connectivity index (χ1n) is 6.06. The van der Waals surface area contributed by atoms with Crippen LogP contribution < -0.4 is 5.73 Å². The van der Waals surface area contributed by atoms with Crippen molar-refractivity contribution in [1.82, 2.24) is 4.90 Å². The summed E-state index contributed by atoms with van der Waals surface area (Å²) in [5.74, 6) is -0.843. The topological polar surface area (TPSA) is 72.6 Å². The lowest BCUT2D eigenvalue weighted by Gasteiger charge is -2.21. The number of amides is 1. The monoisotopic (exact) mass is 300 g/mol. The van der Waals surface area contributed by atoms with Gasteiger partial charge in [-0.3, -0.25) is 9.59 Å². The second kappa shape index (κ2) is 7.75. The number of hydrogen-bond acceptors (Lipinski definition) is 4. The van der Waals surface area contributed by atoms with E-state index in [0.29, 0.717) is 17.8 Å². The van der Waals surface area contributed by atoms with Gasteiger partial charge in [-0.2, -0.15) is 0 Å². The van der Waals surface area contributed by atoms with Crippen molar-refractivity contribution in [3.8, 4) is 0 Å². The maximum Gasteiger partial charge on any atom is 0.310 e. The number of anilines is 1. The summed E-state index contributed by atoms with van der Waals surface area (Å²) in [5.41, 5.74) is 7.65. The number of rotatable bonds is 4. The molecule has 20 heavy (non-hydrogen) atoms. The first-order chi connectivity index (χ1) is 8.86. The minimum atomic E-state index is -0.361. The molecule has 0 radical (unpaired) electrons. The molecule has 0 fully saturated rings. The molecule has 1 aromatic carbocycles. The van der Waals surface area contributed by atoms with Gasteiger partial charge in [-0.1, -0.05) is 13.0 Å². The Hall–Kier alpha value is -1.75. The predicted molar refractivity (Wildman–Crippen MR) is 81.0 cm³/mol. The number of ether oxygens (including phenoxy) is 1. The van der Waals surface area contributed by atoms with Crippen LogP contribution in [0.15, 0.2) is 18.2 Å². The van der Waals surface area contributed by atoms with Crippen LogP contribution in [0.4, 0.5) is 5.69 Å². The Kier molecular flexibility index (Phi) is 7.07. The Morgan fingerprint density at radius 3 is 2.55 bits per heavy atom. The maximum absolute atomic E-state index is 12.3. The Morgan fingerprint density at radius 1 is 1.40 bits per heavy atom. The van der Waals surface area contributed by atoms with Crippen LogP contribution in [0.2, 0.25) is 0 Å². The Balaban J connectivity index is 0.00000361. The lowest BCUT2D eigenvalue weighted by molar-refractivity contribution is -0.145. The number of carbonyl (C=O) groups is 2. The van der Waals surface area contributed by atoms with Crippen molar-refractivity contribution in [2.75, 3.05) is 26.4 Å². The van der Waals surface area contributed by atoms with Gasteiger partial charge in [0.15, 0.2) is 0 Å².